The van der Waals surface area contributed by atoms with Crippen LogP contribution in [0, 0.1) is 5.92 Å². The summed E-state index contributed by atoms with van der Waals surface area (Å²) in [4.78, 5) is 53.1. The van der Waals surface area contributed by atoms with Crippen molar-refractivity contribution in [2.24, 2.45) is 5.92 Å². The summed E-state index contributed by atoms with van der Waals surface area (Å²) in [6.45, 7) is 0.0984. The van der Waals surface area contributed by atoms with Crippen LogP contribution in [0.3, 0.4) is 0 Å². The molecule has 4 rings (SSSR count). The number of aromatic nitrogens is 3. The van der Waals surface area contributed by atoms with E-state index >= 15 is 0 Å². The number of carbonyl (C=O) groups is 3. The number of rotatable bonds is 7. The second-order valence-electron chi connectivity index (χ2n) is 9.41. The summed E-state index contributed by atoms with van der Waals surface area (Å²) in [5.41, 5.74) is 6.35. The SMILES string of the molecule is CN(C(=O)C1C(NCc2ccnc(N)c2)C(=O)N1C(=O)NC(C1CCCCC1)C(F)(F)F)c1ncccn1. The molecule has 11 nitrogen and oxygen atoms in total. The Bertz CT molecular complexity index is 1160. The van der Waals surface area contributed by atoms with Crippen LogP contribution in [-0.2, 0) is 16.1 Å². The van der Waals surface area contributed by atoms with Gasteiger partial charge in [0.25, 0.3) is 11.8 Å². The lowest BCUT2D eigenvalue weighted by atomic mass is 9.83. The topological polar surface area (TPSA) is 146 Å². The number of urea groups is 1. The number of amides is 4. The number of nitrogens with zero attached hydrogens (tertiary/aromatic N) is 5. The Morgan fingerprint density at radius 3 is 2.47 bits per heavy atom. The van der Waals surface area contributed by atoms with Crippen molar-refractivity contribution >= 4 is 29.6 Å². The fraction of sp³-hybridized carbons (Fsp3) is 0.500. The molecule has 0 bridgehead atoms. The van der Waals surface area contributed by atoms with E-state index in [0.717, 1.165) is 11.3 Å². The standard InChI is InChI=1S/C24H29F3N8O3/c1-34(22-30-9-5-10-31-22)21(37)18-17(32-13-14-8-11-29-16(28)12-14)20(36)35(18)23(38)33-19(24(25,26)27)15-6-3-2-4-7-15/h5,8-12,15,17-19,32H,2-4,6-7,13H2,1H3,(H2,28,29)(H,33,38). The molecule has 38 heavy (non-hydrogen) atoms. The lowest BCUT2D eigenvalue weighted by Gasteiger charge is -2.46. The maximum atomic E-state index is 13.9. The quantitative estimate of drug-likeness (QED) is 0.457. The fourth-order valence-electron chi connectivity index (χ4n) is 4.90. The third-order valence-corrected chi connectivity index (χ3v) is 6.88. The van der Waals surface area contributed by atoms with E-state index in [1.54, 1.807) is 18.2 Å². The van der Waals surface area contributed by atoms with Crippen LogP contribution in [0.1, 0.15) is 37.7 Å². The Hall–Kier alpha value is -3.81. The number of β-lactam (4-membered cyclic amide) rings is 1. The summed E-state index contributed by atoms with van der Waals surface area (Å²) >= 11 is 0. The first-order chi connectivity index (χ1) is 18.1. The molecule has 0 radical (unpaired) electrons. The number of hydrogen-bond acceptors (Lipinski definition) is 8. The summed E-state index contributed by atoms with van der Waals surface area (Å²) in [5, 5.41) is 4.93. The number of alkyl halides is 3. The minimum Gasteiger partial charge on any atom is -0.384 e. The Kier molecular flexibility index (Phi) is 8.09. The summed E-state index contributed by atoms with van der Waals surface area (Å²) in [6, 6.07) is -1.23. The summed E-state index contributed by atoms with van der Waals surface area (Å²) in [6.07, 6.45) is 2.30. The molecular formula is C24H29F3N8O3. The molecule has 2 aliphatic rings. The van der Waals surface area contributed by atoms with Crippen LogP contribution in [0.2, 0.25) is 0 Å². The molecular weight excluding hydrogens is 505 g/mol. The highest BCUT2D eigenvalue weighted by Gasteiger charge is 2.57. The second-order valence-corrected chi connectivity index (χ2v) is 9.41. The van der Waals surface area contributed by atoms with Crippen LogP contribution in [0.4, 0.5) is 29.7 Å². The van der Waals surface area contributed by atoms with E-state index in [2.05, 4.69) is 20.3 Å². The first-order valence-electron chi connectivity index (χ1n) is 12.3. The van der Waals surface area contributed by atoms with E-state index in [0.29, 0.717) is 36.1 Å². The van der Waals surface area contributed by atoms with Crippen molar-refractivity contribution in [1.29, 1.82) is 0 Å². The average molecular weight is 535 g/mol. The van der Waals surface area contributed by atoms with Crippen molar-refractivity contribution in [3.05, 3.63) is 42.4 Å². The molecule has 3 unspecified atom stereocenters. The van der Waals surface area contributed by atoms with Crippen molar-refractivity contribution in [2.75, 3.05) is 17.7 Å². The van der Waals surface area contributed by atoms with Crippen molar-refractivity contribution in [3.63, 3.8) is 0 Å². The van der Waals surface area contributed by atoms with Crippen LogP contribution in [0.5, 0.6) is 0 Å². The van der Waals surface area contributed by atoms with Crippen LogP contribution in [0.15, 0.2) is 36.8 Å². The van der Waals surface area contributed by atoms with Crippen molar-refractivity contribution in [3.8, 4) is 0 Å². The van der Waals surface area contributed by atoms with Gasteiger partial charge in [-0.25, -0.2) is 24.6 Å². The van der Waals surface area contributed by atoms with Gasteiger partial charge in [-0.3, -0.25) is 19.8 Å². The fourth-order valence-corrected chi connectivity index (χ4v) is 4.90. The molecule has 0 aromatic carbocycles. The minimum absolute atomic E-state index is 0.00763. The highest BCUT2D eigenvalue weighted by molar-refractivity contribution is 6.13. The smallest absolute Gasteiger partial charge is 0.384 e. The zero-order valence-electron chi connectivity index (χ0n) is 20.7. The van der Waals surface area contributed by atoms with Crippen molar-refractivity contribution < 1.29 is 27.6 Å². The number of hydrogen-bond donors (Lipinski definition) is 3. The van der Waals surface area contributed by atoms with Gasteiger partial charge in [0.05, 0.1) is 0 Å². The molecule has 0 spiro atoms. The molecule has 1 aliphatic heterocycles. The first-order valence-corrected chi connectivity index (χ1v) is 12.3. The molecule has 4 amide bonds. The lowest BCUT2D eigenvalue weighted by molar-refractivity contribution is -0.170. The lowest BCUT2D eigenvalue weighted by Crippen LogP contribution is -2.77. The van der Waals surface area contributed by atoms with Gasteiger partial charge >= 0.3 is 12.2 Å². The average Bonchev–Trinajstić information content (AvgIpc) is 2.90. The van der Waals surface area contributed by atoms with E-state index in [1.165, 1.54) is 25.6 Å². The predicted octanol–water partition coefficient (Wildman–Crippen LogP) is 2.01. The molecule has 3 heterocycles. The molecule has 1 aliphatic carbocycles. The number of nitrogens with two attached hydrogens (primary N) is 1. The Balaban J connectivity index is 1.56. The summed E-state index contributed by atoms with van der Waals surface area (Å²) < 4.78 is 41.8. The van der Waals surface area contributed by atoms with E-state index in [4.69, 9.17) is 5.73 Å². The van der Waals surface area contributed by atoms with Crippen LogP contribution >= 0.6 is 0 Å². The largest absolute Gasteiger partial charge is 0.408 e. The normalized spacial score (nSPS) is 20.9. The van der Waals surface area contributed by atoms with Gasteiger partial charge in [0.15, 0.2) is 0 Å². The van der Waals surface area contributed by atoms with Crippen LogP contribution < -0.4 is 21.3 Å². The highest BCUT2D eigenvalue weighted by Crippen LogP contribution is 2.35. The number of imide groups is 1. The summed E-state index contributed by atoms with van der Waals surface area (Å²) in [5.74, 6) is -2.11. The Morgan fingerprint density at radius 1 is 1.16 bits per heavy atom. The predicted molar refractivity (Wildman–Crippen MR) is 130 cm³/mol. The van der Waals surface area contributed by atoms with Gasteiger partial charge in [-0.05, 0) is 42.5 Å². The second kappa shape index (κ2) is 11.3. The molecule has 14 heteroatoms. The first kappa shape index (κ1) is 27.2. The van der Waals surface area contributed by atoms with E-state index < -0.39 is 48.1 Å². The number of likely N-dealkylation sites (N-methyl/N-ethyl adjacent to an activating group) is 1. The third kappa shape index (κ3) is 5.85. The van der Waals surface area contributed by atoms with Gasteiger partial charge in [0.2, 0.25) is 5.95 Å². The Morgan fingerprint density at radius 2 is 1.84 bits per heavy atom. The molecule has 4 N–H and O–H groups in total. The Labute approximate surface area is 217 Å². The zero-order valence-corrected chi connectivity index (χ0v) is 20.7. The zero-order chi connectivity index (χ0) is 27.4. The molecule has 3 atom stereocenters. The highest BCUT2D eigenvalue weighted by atomic mass is 19.4. The number of anilines is 2. The van der Waals surface area contributed by atoms with Gasteiger partial charge in [-0.2, -0.15) is 13.2 Å². The maximum absolute atomic E-state index is 13.9. The van der Waals surface area contributed by atoms with Crippen LogP contribution in [0.25, 0.3) is 0 Å². The maximum Gasteiger partial charge on any atom is 0.408 e. The number of nitrogens with one attached hydrogen (secondary N) is 2. The molecule has 1 saturated heterocycles. The van der Waals surface area contributed by atoms with E-state index in [-0.39, 0.29) is 18.3 Å². The molecule has 204 valence electrons. The van der Waals surface area contributed by atoms with Crippen LogP contribution in [-0.4, -0.2) is 69.0 Å². The minimum atomic E-state index is -4.71. The number of halogens is 3. The summed E-state index contributed by atoms with van der Waals surface area (Å²) in [7, 11) is 1.36. The monoisotopic (exact) mass is 534 g/mol. The third-order valence-electron chi connectivity index (χ3n) is 6.88. The van der Waals surface area contributed by atoms with Gasteiger partial charge in [-0.1, -0.05) is 19.3 Å². The van der Waals surface area contributed by atoms with Gasteiger partial charge in [0, 0.05) is 32.2 Å². The van der Waals surface area contributed by atoms with Gasteiger partial charge < -0.3 is 11.1 Å². The van der Waals surface area contributed by atoms with E-state index in [1.807, 2.05) is 5.32 Å². The van der Waals surface area contributed by atoms with Crippen molar-refractivity contribution in [2.45, 2.75) is 63.0 Å². The van der Waals surface area contributed by atoms with E-state index in [9.17, 15) is 27.6 Å². The van der Waals surface area contributed by atoms with Gasteiger partial charge in [0.1, 0.15) is 23.9 Å². The molecule has 1 saturated carbocycles. The molecule has 2 aromatic rings. The number of nitrogen functional groups attached to an aromatic ring is 1. The number of carbonyl (C=O) groups excluding carboxylic acids is 3. The number of likely N-dealkylation sites (tertiary alicyclic amines) is 1. The molecule has 2 aromatic heterocycles. The van der Waals surface area contributed by atoms with Crippen molar-refractivity contribution in [1.82, 2.24) is 30.5 Å². The number of pyridine rings is 1. The molecule has 2 fully saturated rings. The van der Waals surface area contributed by atoms with Gasteiger partial charge in [-0.15, -0.1) is 0 Å².